The topological polar surface area (TPSA) is 47.3 Å². The van der Waals surface area contributed by atoms with Crippen LogP contribution >= 0.6 is 11.3 Å². The molecule has 0 saturated heterocycles. The summed E-state index contributed by atoms with van der Waals surface area (Å²) in [5.74, 6) is 0.107. The van der Waals surface area contributed by atoms with Gasteiger partial charge in [0.05, 0.1) is 0 Å². The van der Waals surface area contributed by atoms with Gasteiger partial charge in [-0.2, -0.15) is 0 Å². The van der Waals surface area contributed by atoms with Gasteiger partial charge in [-0.15, -0.1) is 11.3 Å². The highest BCUT2D eigenvalue weighted by Crippen LogP contribution is 2.34. The standard InChI is InChI=1S/C19H12O2.C19H12OS/c2*20-19(13-6-2-1-3-7-13)14-10-11-18-16(12-14)15-8-4-5-9-17(15)21-18/h2*1-12H. The van der Waals surface area contributed by atoms with Crippen LogP contribution in [-0.2, 0) is 0 Å². The third-order valence-electron chi connectivity index (χ3n) is 7.35. The van der Waals surface area contributed by atoms with Crippen LogP contribution in [0.5, 0.6) is 0 Å². The Kier molecular flexibility index (Phi) is 6.67. The first-order valence-electron chi connectivity index (χ1n) is 13.7. The van der Waals surface area contributed by atoms with Crippen molar-refractivity contribution in [2.75, 3.05) is 0 Å². The highest BCUT2D eigenvalue weighted by Gasteiger charge is 2.13. The summed E-state index contributed by atoms with van der Waals surface area (Å²) in [5, 5.41) is 4.40. The Hall–Kier alpha value is -5.32. The molecule has 8 aromatic rings. The summed E-state index contributed by atoms with van der Waals surface area (Å²) in [6.07, 6.45) is 0. The molecule has 2 aromatic heterocycles. The molecule has 0 aliphatic heterocycles. The summed E-state index contributed by atoms with van der Waals surface area (Å²) in [4.78, 5) is 25.1. The van der Waals surface area contributed by atoms with E-state index in [-0.39, 0.29) is 11.6 Å². The first-order valence-corrected chi connectivity index (χ1v) is 14.5. The van der Waals surface area contributed by atoms with Gasteiger partial charge < -0.3 is 4.42 Å². The first kappa shape index (κ1) is 25.6. The molecule has 42 heavy (non-hydrogen) atoms. The van der Waals surface area contributed by atoms with Gasteiger partial charge in [0, 0.05) is 53.2 Å². The molecule has 8 rings (SSSR count). The minimum absolute atomic E-state index is 0.0304. The average molecular weight is 561 g/mol. The maximum Gasteiger partial charge on any atom is 0.193 e. The summed E-state index contributed by atoms with van der Waals surface area (Å²) in [7, 11) is 0. The second-order valence-corrected chi connectivity index (χ2v) is 11.1. The Bertz CT molecular complexity index is 2060. The Morgan fingerprint density at radius 3 is 1.60 bits per heavy atom. The Morgan fingerprint density at radius 2 is 0.905 bits per heavy atom. The molecule has 0 bridgehead atoms. The first-order chi connectivity index (χ1) is 20.7. The van der Waals surface area contributed by atoms with Crippen LogP contribution in [0.2, 0.25) is 0 Å². The zero-order valence-electron chi connectivity index (χ0n) is 22.5. The van der Waals surface area contributed by atoms with Crippen molar-refractivity contribution in [3.05, 3.63) is 168 Å². The number of hydrogen-bond acceptors (Lipinski definition) is 4. The van der Waals surface area contributed by atoms with Crippen LogP contribution in [0.3, 0.4) is 0 Å². The van der Waals surface area contributed by atoms with E-state index in [4.69, 9.17) is 4.42 Å². The van der Waals surface area contributed by atoms with Gasteiger partial charge in [-0.25, -0.2) is 0 Å². The largest absolute Gasteiger partial charge is 0.456 e. The number of fused-ring (bicyclic) bond motifs is 6. The lowest BCUT2D eigenvalue weighted by Gasteiger charge is -2.01. The van der Waals surface area contributed by atoms with Crippen molar-refractivity contribution in [3.63, 3.8) is 0 Å². The fourth-order valence-corrected chi connectivity index (χ4v) is 6.33. The predicted octanol–water partition coefficient (Wildman–Crippen LogP) is 10.1. The van der Waals surface area contributed by atoms with Crippen molar-refractivity contribution in [3.8, 4) is 0 Å². The monoisotopic (exact) mass is 560 g/mol. The van der Waals surface area contributed by atoms with E-state index < -0.39 is 0 Å². The molecule has 4 heteroatoms. The van der Waals surface area contributed by atoms with E-state index >= 15 is 0 Å². The van der Waals surface area contributed by atoms with E-state index in [0.717, 1.165) is 38.5 Å². The van der Waals surface area contributed by atoms with E-state index in [1.165, 1.54) is 14.8 Å². The van der Waals surface area contributed by atoms with E-state index in [1.54, 1.807) is 11.3 Å². The third-order valence-corrected chi connectivity index (χ3v) is 8.50. The van der Waals surface area contributed by atoms with Crippen molar-refractivity contribution < 1.29 is 14.0 Å². The zero-order chi connectivity index (χ0) is 28.5. The number of furan rings is 1. The summed E-state index contributed by atoms with van der Waals surface area (Å²) < 4.78 is 8.27. The number of rotatable bonds is 4. The highest BCUT2D eigenvalue weighted by atomic mass is 32.1. The van der Waals surface area contributed by atoms with Gasteiger partial charge >= 0.3 is 0 Å². The summed E-state index contributed by atoms with van der Waals surface area (Å²) >= 11 is 1.77. The van der Waals surface area contributed by atoms with Crippen LogP contribution in [0, 0.1) is 0 Å². The number of hydrogen-bond donors (Lipinski definition) is 0. The fourth-order valence-electron chi connectivity index (χ4n) is 5.25. The molecule has 0 atom stereocenters. The smallest absolute Gasteiger partial charge is 0.193 e. The van der Waals surface area contributed by atoms with Gasteiger partial charge in [0.2, 0.25) is 0 Å². The van der Waals surface area contributed by atoms with Gasteiger partial charge in [0.15, 0.2) is 11.6 Å². The minimum Gasteiger partial charge on any atom is -0.456 e. The number of carbonyl (C=O) groups excluding carboxylic acids is 2. The molecular weight excluding hydrogens is 536 g/mol. The molecule has 0 amide bonds. The average Bonchev–Trinajstić information content (AvgIpc) is 3.63. The van der Waals surface area contributed by atoms with Gasteiger partial charge in [0.25, 0.3) is 0 Å². The lowest BCUT2D eigenvalue weighted by atomic mass is 10.0. The molecule has 6 aromatic carbocycles. The van der Waals surface area contributed by atoms with Crippen molar-refractivity contribution in [1.82, 2.24) is 0 Å². The van der Waals surface area contributed by atoms with E-state index in [0.29, 0.717) is 11.1 Å². The highest BCUT2D eigenvalue weighted by molar-refractivity contribution is 7.25. The molecule has 0 radical (unpaired) electrons. The number of benzene rings is 6. The van der Waals surface area contributed by atoms with Gasteiger partial charge in [-0.1, -0.05) is 97.1 Å². The number of thiophene rings is 1. The molecule has 0 fully saturated rings. The molecule has 0 N–H and O–H groups in total. The molecule has 0 spiro atoms. The molecule has 0 unspecified atom stereocenters. The Labute approximate surface area is 246 Å². The second-order valence-electron chi connectivity index (χ2n) is 10.0. The summed E-state index contributed by atoms with van der Waals surface area (Å²) in [6.45, 7) is 0. The van der Waals surface area contributed by atoms with Crippen LogP contribution < -0.4 is 0 Å². The van der Waals surface area contributed by atoms with E-state index in [9.17, 15) is 9.59 Å². The van der Waals surface area contributed by atoms with Crippen LogP contribution in [0.15, 0.2) is 150 Å². The van der Waals surface area contributed by atoms with E-state index in [2.05, 4.69) is 18.2 Å². The number of para-hydroxylation sites is 1. The van der Waals surface area contributed by atoms with Crippen LogP contribution in [0.1, 0.15) is 31.8 Å². The Balaban J connectivity index is 0.000000137. The normalized spacial score (nSPS) is 11.0. The lowest BCUT2D eigenvalue weighted by Crippen LogP contribution is -2.00. The van der Waals surface area contributed by atoms with Crippen molar-refractivity contribution in [2.45, 2.75) is 0 Å². The molecule has 3 nitrogen and oxygen atoms in total. The minimum atomic E-state index is 0.0304. The Morgan fingerprint density at radius 1 is 0.405 bits per heavy atom. The summed E-state index contributed by atoms with van der Waals surface area (Å²) in [5.41, 5.74) is 4.51. The zero-order valence-corrected chi connectivity index (χ0v) is 23.3. The lowest BCUT2D eigenvalue weighted by molar-refractivity contribution is 0.103. The summed E-state index contributed by atoms with van der Waals surface area (Å²) in [6, 6.07) is 46.5. The maximum atomic E-state index is 12.6. The molecular formula is C38H24O3S. The van der Waals surface area contributed by atoms with Crippen LogP contribution in [-0.4, -0.2) is 11.6 Å². The number of carbonyl (C=O) groups is 2. The molecule has 0 saturated carbocycles. The molecule has 2 heterocycles. The SMILES string of the molecule is O=C(c1ccccc1)c1ccc2oc3ccccc3c2c1.O=C(c1ccccc1)c1ccc2sc3ccccc3c2c1. The number of ketones is 2. The van der Waals surface area contributed by atoms with Crippen molar-refractivity contribution in [1.29, 1.82) is 0 Å². The maximum absolute atomic E-state index is 12.6. The molecule has 0 aliphatic rings. The van der Waals surface area contributed by atoms with Gasteiger partial charge in [0.1, 0.15) is 11.2 Å². The van der Waals surface area contributed by atoms with Gasteiger partial charge in [-0.05, 0) is 48.5 Å². The van der Waals surface area contributed by atoms with E-state index in [1.807, 2.05) is 127 Å². The second kappa shape index (κ2) is 10.9. The van der Waals surface area contributed by atoms with Gasteiger partial charge in [-0.3, -0.25) is 9.59 Å². The van der Waals surface area contributed by atoms with Crippen LogP contribution in [0.4, 0.5) is 0 Å². The van der Waals surface area contributed by atoms with Crippen molar-refractivity contribution in [2.24, 2.45) is 0 Å². The van der Waals surface area contributed by atoms with Crippen molar-refractivity contribution >= 4 is 65.0 Å². The molecule has 200 valence electrons. The quantitative estimate of drug-likeness (QED) is 0.201. The predicted molar refractivity (Wildman–Crippen MR) is 173 cm³/mol. The van der Waals surface area contributed by atoms with Crippen LogP contribution in [0.25, 0.3) is 42.1 Å². The molecule has 0 aliphatic carbocycles. The third kappa shape index (κ3) is 4.78. The fraction of sp³-hybridized carbons (Fsp3) is 0.